The molecule has 0 atom stereocenters. The highest BCUT2D eigenvalue weighted by atomic mass is 16.6. The van der Waals surface area contributed by atoms with E-state index in [2.05, 4.69) is 4.79 Å². The Morgan fingerprint density at radius 3 is 1.52 bits per heavy atom. The number of methoxy groups -OCH3 is 1. The molecule has 0 spiro atoms. The van der Waals surface area contributed by atoms with Gasteiger partial charge in [-0.3, -0.25) is 24.5 Å². The van der Waals surface area contributed by atoms with Crippen LogP contribution >= 0.6 is 0 Å². The Morgan fingerprint density at radius 1 is 0.619 bits per heavy atom. The number of nitrogens with zero attached hydrogens (tertiary/aromatic N) is 3. The normalized spacial score (nSPS) is 9.52. The highest BCUT2D eigenvalue weighted by Crippen LogP contribution is 2.35. The van der Waals surface area contributed by atoms with E-state index in [4.69, 9.17) is 29.2 Å². The van der Waals surface area contributed by atoms with E-state index in [0.29, 0.717) is 60.4 Å². The number of hydrogen-bond donors (Lipinski definition) is 0. The second-order valence-electron chi connectivity index (χ2n) is 13.0. The van der Waals surface area contributed by atoms with Gasteiger partial charge in [-0.05, 0) is 102 Å². The molecule has 0 aromatic heterocycles. The van der Waals surface area contributed by atoms with Crippen molar-refractivity contribution < 1.29 is 47.8 Å². The summed E-state index contributed by atoms with van der Waals surface area (Å²) in [6.07, 6.45) is 1.67. The number of benzene rings is 5. The van der Waals surface area contributed by atoms with Crippen LogP contribution in [0.4, 0.5) is 5.69 Å². The van der Waals surface area contributed by atoms with Gasteiger partial charge in [0.05, 0.1) is 55.7 Å². The van der Waals surface area contributed by atoms with Gasteiger partial charge in [0.25, 0.3) is 5.69 Å². The van der Waals surface area contributed by atoms with Crippen LogP contribution in [-0.2, 0) is 0 Å². The van der Waals surface area contributed by atoms with Gasteiger partial charge in [-0.2, -0.15) is 4.79 Å². The zero-order valence-electron chi connectivity index (χ0n) is 38.6. The maximum atomic E-state index is 12.4. The molecule has 5 aromatic rings. The first-order valence-electron chi connectivity index (χ1n) is 20.6. The van der Waals surface area contributed by atoms with Crippen LogP contribution in [0.2, 0.25) is 0 Å². The van der Waals surface area contributed by atoms with Gasteiger partial charge in [0, 0.05) is 24.1 Å². The van der Waals surface area contributed by atoms with Crippen LogP contribution in [-0.4, -0.2) is 67.3 Å². The standard InChI is InChI=1S/C17H18O2.C11H13N3O4.2C10H12O2.C2H6/c1-4-19-16-11-12(2)15(10-13(16)3)17(18)14-8-6-5-7-9-14;1-4-18-11-6-9(14(15)16)8(7(2)13-12)5-10(11)17-3;2*1-3-12-10-6-4-5-8(2)9(10)7-11;1-2/h5-11H,4H2,1-3H3;5-6H,4H2,1-3H3;2*4-7H,3H2,1-2H3;1-2H3. The molecule has 0 N–H and O–H groups in total. The summed E-state index contributed by atoms with van der Waals surface area (Å²) in [6.45, 7) is 22.8. The lowest BCUT2D eigenvalue weighted by Crippen LogP contribution is -2.05. The van der Waals surface area contributed by atoms with E-state index in [1.54, 1.807) is 19.1 Å². The van der Waals surface area contributed by atoms with Crippen LogP contribution in [0.15, 0.2) is 91.0 Å². The summed E-state index contributed by atoms with van der Waals surface area (Å²) in [4.78, 5) is 47.1. The van der Waals surface area contributed by atoms with E-state index in [1.807, 2.05) is 129 Å². The molecule has 0 fully saturated rings. The Balaban J connectivity index is 0.000000423. The van der Waals surface area contributed by atoms with Gasteiger partial charge in [-0.25, -0.2) is 0 Å². The van der Waals surface area contributed by atoms with E-state index in [-0.39, 0.29) is 28.5 Å². The second-order valence-corrected chi connectivity index (χ2v) is 13.0. The van der Waals surface area contributed by atoms with Gasteiger partial charge in [0.1, 0.15) is 22.8 Å². The number of carbonyl (C=O) groups is 3. The SMILES string of the molecule is CC.CCOc1cc(C)c(C(=O)c2ccccc2)cc1C.CCOc1cc([N+](=O)[O-])c(C(C)=[N+]=[N-])cc1OC.CCOc1cccc(C)c1C=O.CCOc1cccc(C)c1C=O. The summed E-state index contributed by atoms with van der Waals surface area (Å²) in [5.41, 5.74) is 15.4. The van der Waals surface area contributed by atoms with Gasteiger partial charge in [0.15, 0.2) is 29.9 Å². The predicted octanol–water partition coefficient (Wildman–Crippen LogP) is 11.4. The Labute approximate surface area is 371 Å². The fourth-order valence-electron chi connectivity index (χ4n) is 5.73. The van der Waals surface area contributed by atoms with Gasteiger partial charge in [-0.1, -0.05) is 68.4 Å². The minimum atomic E-state index is -0.564. The lowest BCUT2D eigenvalue weighted by atomic mass is 9.97. The number of nitro benzene ring substituents is 1. The largest absolute Gasteiger partial charge is 0.494 e. The van der Waals surface area contributed by atoms with Gasteiger partial charge in [0.2, 0.25) is 0 Å². The zero-order chi connectivity index (χ0) is 47.5. The van der Waals surface area contributed by atoms with Crippen LogP contribution in [0.3, 0.4) is 0 Å². The van der Waals surface area contributed by atoms with Crippen molar-refractivity contribution in [2.75, 3.05) is 33.5 Å². The summed E-state index contributed by atoms with van der Waals surface area (Å²) in [7, 11) is 1.43. The number of ketones is 1. The molecule has 0 bridgehead atoms. The van der Waals surface area contributed by atoms with Crippen LogP contribution in [0.5, 0.6) is 28.7 Å². The van der Waals surface area contributed by atoms with Crippen molar-refractivity contribution in [1.82, 2.24) is 0 Å². The molecule has 0 aliphatic carbocycles. The van der Waals surface area contributed by atoms with Crippen LogP contribution in [0.25, 0.3) is 5.53 Å². The first-order chi connectivity index (χ1) is 30.3. The summed E-state index contributed by atoms with van der Waals surface area (Å²) < 4.78 is 26.4. The van der Waals surface area contributed by atoms with Crippen molar-refractivity contribution in [2.45, 2.75) is 76.2 Å². The molecule has 0 heterocycles. The van der Waals surface area contributed by atoms with E-state index < -0.39 is 4.92 Å². The third kappa shape index (κ3) is 16.4. The lowest BCUT2D eigenvalue weighted by Gasteiger charge is -2.12. The molecule has 336 valence electrons. The fourth-order valence-corrected chi connectivity index (χ4v) is 5.73. The van der Waals surface area contributed by atoms with Crippen LogP contribution in [0, 0.1) is 37.8 Å². The number of aldehydes is 2. The van der Waals surface area contributed by atoms with Crippen molar-refractivity contribution in [1.29, 1.82) is 0 Å². The Kier molecular flexibility index (Phi) is 25.0. The summed E-state index contributed by atoms with van der Waals surface area (Å²) in [5, 5.41) is 11.0. The topological polar surface area (TPSA) is 177 Å². The molecular weight excluding hydrogens is 803 g/mol. The van der Waals surface area contributed by atoms with E-state index in [1.165, 1.54) is 26.2 Å². The number of rotatable bonds is 15. The summed E-state index contributed by atoms with van der Waals surface area (Å²) >= 11 is 0. The van der Waals surface area contributed by atoms with Crippen molar-refractivity contribution >= 4 is 29.8 Å². The molecular formula is C50H61N3O10. The highest BCUT2D eigenvalue weighted by molar-refractivity contribution is 6.10. The molecule has 5 aromatic carbocycles. The monoisotopic (exact) mass is 863 g/mol. The molecule has 0 saturated carbocycles. The molecule has 0 saturated heterocycles. The Morgan fingerprint density at radius 2 is 1.10 bits per heavy atom. The fraction of sp³-hybridized carbons (Fsp3) is 0.320. The van der Waals surface area contributed by atoms with Crippen molar-refractivity contribution in [3.8, 4) is 28.7 Å². The number of nitro groups is 1. The first kappa shape index (κ1) is 53.9. The Hall–Kier alpha value is -7.11. The van der Waals surface area contributed by atoms with Crippen LogP contribution < -0.4 is 23.7 Å². The molecule has 0 amide bonds. The molecule has 63 heavy (non-hydrogen) atoms. The molecule has 13 heteroatoms. The first-order valence-corrected chi connectivity index (χ1v) is 20.6. The molecule has 0 unspecified atom stereocenters. The van der Waals surface area contributed by atoms with E-state index in [9.17, 15) is 24.5 Å². The van der Waals surface area contributed by atoms with Crippen molar-refractivity contribution in [3.63, 3.8) is 0 Å². The third-order valence-electron chi connectivity index (χ3n) is 8.82. The van der Waals surface area contributed by atoms with E-state index >= 15 is 0 Å². The minimum absolute atomic E-state index is 0.0595. The molecule has 5 rings (SSSR count). The predicted molar refractivity (Wildman–Crippen MR) is 248 cm³/mol. The van der Waals surface area contributed by atoms with Gasteiger partial charge < -0.3 is 29.2 Å². The highest BCUT2D eigenvalue weighted by Gasteiger charge is 2.25. The average molecular weight is 864 g/mol. The number of ether oxygens (including phenoxy) is 5. The number of aryl methyl sites for hydroxylation is 4. The number of carbonyl (C=O) groups excluding carboxylic acids is 3. The molecule has 0 radical (unpaired) electrons. The second kappa shape index (κ2) is 29.2. The average Bonchev–Trinajstić information content (AvgIpc) is 3.29. The maximum Gasteiger partial charge on any atom is 0.303 e. The third-order valence-corrected chi connectivity index (χ3v) is 8.82. The quantitative estimate of drug-likeness (QED) is 0.0187. The smallest absolute Gasteiger partial charge is 0.303 e. The van der Waals surface area contributed by atoms with Crippen molar-refractivity contribution in [2.24, 2.45) is 0 Å². The summed E-state index contributed by atoms with van der Waals surface area (Å²) in [6, 6.07) is 27.0. The minimum Gasteiger partial charge on any atom is -0.494 e. The Bertz CT molecular complexity index is 2240. The summed E-state index contributed by atoms with van der Waals surface area (Å²) in [5.74, 6) is 2.88. The zero-order valence-corrected chi connectivity index (χ0v) is 38.6. The lowest BCUT2D eigenvalue weighted by molar-refractivity contribution is -0.385. The van der Waals surface area contributed by atoms with Gasteiger partial charge >= 0.3 is 5.71 Å². The number of hydrogen-bond acceptors (Lipinski definition) is 10. The van der Waals surface area contributed by atoms with Gasteiger partial charge in [-0.15, -0.1) is 0 Å². The van der Waals surface area contributed by atoms with Crippen LogP contribution in [0.1, 0.15) is 113 Å². The molecule has 0 aliphatic rings. The molecule has 0 aliphatic heterocycles. The maximum absolute atomic E-state index is 12.4. The van der Waals surface area contributed by atoms with Crippen molar-refractivity contribution in [3.05, 3.63) is 157 Å². The van der Waals surface area contributed by atoms with E-state index in [0.717, 1.165) is 46.1 Å². The molecule has 13 nitrogen and oxygen atoms in total.